The number of ether oxygens (including phenoxy) is 4. The Bertz CT molecular complexity index is 1790. The van der Waals surface area contributed by atoms with Gasteiger partial charge in [-0.05, 0) is 50.5 Å². The first-order valence-corrected chi connectivity index (χ1v) is 16.6. The van der Waals surface area contributed by atoms with Gasteiger partial charge in [0.2, 0.25) is 0 Å². The van der Waals surface area contributed by atoms with Crippen LogP contribution >= 0.6 is 0 Å². The maximum atomic E-state index is 14.7. The molecule has 0 saturated heterocycles. The lowest BCUT2D eigenvalue weighted by molar-refractivity contribution is -0.144. The van der Waals surface area contributed by atoms with Gasteiger partial charge in [0, 0.05) is 30.6 Å². The predicted molar refractivity (Wildman–Crippen MR) is 186 cm³/mol. The van der Waals surface area contributed by atoms with Gasteiger partial charge < -0.3 is 44.5 Å². The molecule has 0 bridgehead atoms. The summed E-state index contributed by atoms with van der Waals surface area (Å²) in [4.78, 5) is 60.7. The first kappa shape index (κ1) is 43.1. The molecule has 3 aliphatic rings. The standard InChI is InChI=1S/C19H20F2O7.C19H22O7/c1-10-5-3-7-12(22)17(25)13(23)8-4-6-11-16(18(26)28-10)14(24)9-15(27-2)19(11,20)21;1-11-5-3-7-14(20)18(23)15(21)8-4-6-12-9-13(25-2)10-16(22)17(12)19(24)26-11/h3-4,6-7,9-10,13,17,23,25H,5,8H2,1-2H3;3-4,6-7,9-11,15,18,21-23H,5,8H2,1-2H3/b2*6-4+,7-3-/t10-,13-,17+;11-,15-,18+/m00/s1. The average molecular weight is 761 g/mol. The summed E-state index contributed by atoms with van der Waals surface area (Å²) in [6, 6.07) is 2.84. The highest BCUT2D eigenvalue weighted by atomic mass is 19.3. The summed E-state index contributed by atoms with van der Waals surface area (Å²) < 4.78 is 49.5. The SMILES string of the molecule is COC1=CC(=O)C2=C(/C=C/C[C@H](O)[C@H](O)C(=O)/C=C\C[C@H](C)OC2=O)C1(F)F.COc1cc(O)c2c(c1)/C=C/C[C@H](O)[C@H](O)C(=O)/C=C\C[C@H](C)OC2=O. The van der Waals surface area contributed by atoms with E-state index in [0.717, 1.165) is 31.4 Å². The smallest absolute Gasteiger partial charge is 0.342 e. The van der Waals surface area contributed by atoms with Crippen LogP contribution in [0.1, 0.15) is 55.5 Å². The zero-order valence-corrected chi connectivity index (χ0v) is 29.8. The van der Waals surface area contributed by atoms with Gasteiger partial charge in [0.05, 0.1) is 26.4 Å². The van der Waals surface area contributed by atoms with Crippen molar-refractivity contribution in [1.82, 2.24) is 0 Å². The first-order valence-electron chi connectivity index (χ1n) is 16.6. The molecule has 6 atom stereocenters. The number of alkyl halides is 2. The summed E-state index contributed by atoms with van der Waals surface area (Å²) in [6.07, 6.45) is 2.61. The van der Waals surface area contributed by atoms with Crippen molar-refractivity contribution in [3.05, 3.63) is 88.8 Å². The minimum atomic E-state index is -3.80. The zero-order chi connectivity index (χ0) is 40.3. The number of aliphatic hydroxyl groups excluding tert-OH is 4. The number of ketones is 3. The van der Waals surface area contributed by atoms with E-state index >= 15 is 0 Å². The highest BCUT2D eigenvalue weighted by molar-refractivity contribution is 6.24. The van der Waals surface area contributed by atoms with Gasteiger partial charge >= 0.3 is 17.9 Å². The van der Waals surface area contributed by atoms with Gasteiger partial charge in [-0.2, -0.15) is 8.78 Å². The lowest BCUT2D eigenvalue weighted by Crippen LogP contribution is -2.34. The number of rotatable bonds is 2. The van der Waals surface area contributed by atoms with E-state index in [2.05, 4.69) is 4.74 Å². The molecule has 5 N–H and O–H groups in total. The van der Waals surface area contributed by atoms with Gasteiger partial charge in [0.1, 0.15) is 47.1 Å². The number of aromatic hydroxyl groups is 1. The van der Waals surface area contributed by atoms with Crippen LogP contribution in [0.3, 0.4) is 0 Å². The molecule has 0 saturated carbocycles. The zero-order valence-electron chi connectivity index (χ0n) is 29.8. The van der Waals surface area contributed by atoms with Crippen molar-refractivity contribution in [3.8, 4) is 11.5 Å². The van der Waals surface area contributed by atoms with Crippen LogP contribution in [0.2, 0.25) is 0 Å². The molecule has 4 rings (SSSR count). The Morgan fingerprint density at radius 2 is 1.20 bits per heavy atom. The number of allylic oxidation sites excluding steroid dienone is 3. The molecule has 0 fully saturated rings. The van der Waals surface area contributed by atoms with Crippen molar-refractivity contribution >= 4 is 35.4 Å². The Balaban J connectivity index is 0.000000291. The Morgan fingerprint density at radius 3 is 1.72 bits per heavy atom. The molecule has 0 unspecified atom stereocenters. The largest absolute Gasteiger partial charge is 0.507 e. The monoisotopic (exact) mass is 760 g/mol. The summed E-state index contributed by atoms with van der Waals surface area (Å²) in [5.41, 5.74) is -1.49. The molecule has 1 aliphatic carbocycles. The van der Waals surface area contributed by atoms with Crippen LogP contribution in [0.4, 0.5) is 8.78 Å². The van der Waals surface area contributed by atoms with Crippen LogP contribution in [0.25, 0.3) is 6.08 Å². The van der Waals surface area contributed by atoms with Crippen molar-refractivity contribution in [3.63, 3.8) is 0 Å². The molecule has 1 aromatic rings. The van der Waals surface area contributed by atoms with Gasteiger partial charge in [-0.25, -0.2) is 9.59 Å². The summed E-state index contributed by atoms with van der Waals surface area (Å²) in [5, 5.41) is 49.7. The number of carbonyl (C=O) groups is 5. The molecular formula is C38H42F2O14. The number of hydrogen-bond acceptors (Lipinski definition) is 14. The average Bonchev–Trinajstić information content (AvgIpc) is 3.10. The second kappa shape index (κ2) is 19.2. The van der Waals surface area contributed by atoms with Crippen molar-refractivity contribution in [1.29, 1.82) is 0 Å². The van der Waals surface area contributed by atoms with Crippen molar-refractivity contribution in [2.75, 3.05) is 14.2 Å². The molecule has 0 amide bonds. The van der Waals surface area contributed by atoms with Crippen molar-refractivity contribution in [2.45, 2.75) is 82.1 Å². The van der Waals surface area contributed by atoms with E-state index in [-0.39, 0.29) is 37.0 Å². The van der Waals surface area contributed by atoms with E-state index in [1.54, 1.807) is 6.92 Å². The number of fused-ring (bicyclic) bond motifs is 1. The number of carbonyl (C=O) groups excluding carboxylic acids is 5. The number of aliphatic hydroxyl groups is 4. The number of phenolic OH excluding ortho intramolecular Hbond substituents is 1. The molecule has 0 radical (unpaired) electrons. The van der Waals surface area contributed by atoms with Gasteiger partial charge in [-0.3, -0.25) is 14.4 Å². The Labute approximate surface area is 309 Å². The van der Waals surface area contributed by atoms with Gasteiger partial charge in [-0.1, -0.05) is 36.5 Å². The maximum absolute atomic E-state index is 14.7. The molecule has 2 aliphatic heterocycles. The first-order chi connectivity index (χ1) is 25.4. The number of hydrogen-bond donors (Lipinski definition) is 5. The fourth-order valence-corrected chi connectivity index (χ4v) is 5.21. The minimum absolute atomic E-state index is 0.0242. The van der Waals surface area contributed by atoms with Gasteiger partial charge in [0.25, 0.3) is 0 Å². The molecule has 0 aromatic heterocycles. The lowest BCUT2D eigenvalue weighted by Gasteiger charge is -2.26. The van der Waals surface area contributed by atoms with Crippen LogP contribution < -0.4 is 4.74 Å². The van der Waals surface area contributed by atoms with Crippen molar-refractivity contribution < 1.29 is 77.2 Å². The summed E-state index contributed by atoms with van der Waals surface area (Å²) in [5.74, 6) is -9.05. The van der Waals surface area contributed by atoms with E-state index in [4.69, 9.17) is 14.2 Å². The normalized spacial score (nSPS) is 29.2. The second-order valence-corrected chi connectivity index (χ2v) is 12.4. The fraction of sp³-hybridized carbons (Fsp3) is 0.395. The molecule has 54 heavy (non-hydrogen) atoms. The number of cyclic esters (lactones) is 2. The van der Waals surface area contributed by atoms with E-state index in [1.807, 2.05) is 0 Å². The van der Waals surface area contributed by atoms with E-state index in [1.165, 1.54) is 50.5 Å². The second-order valence-electron chi connectivity index (χ2n) is 12.4. The number of halogens is 2. The predicted octanol–water partition coefficient (Wildman–Crippen LogP) is 2.76. The third kappa shape index (κ3) is 10.9. The Kier molecular flexibility index (Phi) is 15.3. The Hall–Kier alpha value is -5.29. The molecular weight excluding hydrogens is 718 g/mol. The Morgan fingerprint density at radius 1 is 0.704 bits per heavy atom. The van der Waals surface area contributed by atoms with E-state index < -0.39 is 88.7 Å². The van der Waals surface area contributed by atoms with Gasteiger partial charge in [-0.15, -0.1) is 0 Å². The molecule has 2 heterocycles. The number of benzene rings is 1. The number of esters is 2. The third-order valence-corrected chi connectivity index (χ3v) is 8.18. The number of methoxy groups -OCH3 is 2. The highest BCUT2D eigenvalue weighted by Gasteiger charge is 2.48. The van der Waals surface area contributed by atoms with Crippen LogP contribution in [-0.2, 0) is 33.4 Å². The highest BCUT2D eigenvalue weighted by Crippen LogP contribution is 2.40. The van der Waals surface area contributed by atoms with Crippen LogP contribution in [-0.4, -0.2) is 112 Å². The molecule has 1 aromatic carbocycles. The molecule has 14 nitrogen and oxygen atoms in total. The topological polar surface area (TPSA) is 223 Å². The van der Waals surface area contributed by atoms with Crippen molar-refractivity contribution in [2.24, 2.45) is 0 Å². The quantitative estimate of drug-likeness (QED) is 0.216. The van der Waals surface area contributed by atoms with Crippen LogP contribution in [0.5, 0.6) is 11.5 Å². The maximum Gasteiger partial charge on any atom is 0.342 e. The minimum Gasteiger partial charge on any atom is -0.507 e. The summed E-state index contributed by atoms with van der Waals surface area (Å²) >= 11 is 0. The van der Waals surface area contributed by atoms with Crippen LogP contribution in [0, 0.1) is 0 Å². The lowest BCUT2D eigenvalue weighted by atomic mass is 9.90. The van der Waals surface area contributed by atoms with Crippen LogP contribution in [0.15, 0.2) is 77.6 Å². The third-order valence-electron chi connectivity index (χ3n) is 8.18. The van der Waals surface area contributed by atoms with E-state index in [0.29, 0.717) is 17.4 Å². The molecule has 292 valence electrons. The summed E-state index contributed by atoms with van der Waals surface area (Å²) in [6.45, 7) is 3.09. The summed E-state index contributed by atoms with van der Waals surface area (Å²) in [7, 11) is 2.39. The fourth-order valence-electron chi connectivity index (χ4n) is 5.21. The molecule has 0 spiro atoms. The van der Waals surface area contributed by atoms with E-state index in [9.17, 15) is 58.3 Å². The van der Waals surface area contributed by atoms with Gasteiger partial charge in [0.15, 0.2) is 23.1 Å². The number of phenols is 1. The molecule has 16 heteroatoms.